The van der Waals surface area contributed by atoms with Gasteiger partial charge in [0.2, 0.25) is 0 Å². The topological polar surface area (TPSA) is 47.6 Å². The lowest BCUT2D eigenvalue weighted by Gasteiger charge is -2.15. The third-order valence-corrected chi connectivity index (χ3v) is 4.23. The average molecular weight is 333 g/mol. The number of methoxy groups -OCH3 is 1. The normalized spacial score (nSPS) is 11.9. The van der Waals surface area contributed by atoms with E-state index in [4.69, 9.17) is 9.47 Å². The summed E-state index contributed by atoms with van der Waals surface area (Å²) in [4.78, 5) is 12.2. The fourth-order valence-corrected chi connectivity index (χ4v) is 2.82. The van der Waals surface area contributed by atoms with E-state index in [9.17, 15) is 4.79 Å². The Morgan fingerprint density at radius 3 is 2.65 bits per heavy atom. The van der Waals surface area contributed by atoms with Gasteiger partial charge in [-0.05, 0) is 53.1 Å². The van der Waals surface area contributed by atoms with Crippen molar-refractivity contribution in [3.63, 3.8) is 0 Å². The first-order valence-electron chi connectivity index (χ1n) is 7.80. The second-order valence-electron chi connectivity index (χ2n) is 5.22. The molecule has 2 rings (SSSR count). The molecule has 1 N–H and O–H groups in total. The number of benzene rings is 1. The largest absolute Gasteiger partial charge is 0.494 e. The molecule has 0 radical (unpaired) electrons. The van der Waals surface area contributed by atoms with E-state index >= 15 is 0 Å². The maximum Gasteiger partial charge on any atom is 0.251 e. The molecule has 0 bridgehead atoms. The number of thiophene rings is 1. The Morgan fingerprint density at radius 1 is 1.26 bits per heavy atom. The van der Waals surface area contributed by atoms with E-state index in [1.807, 2.05) is 29.0 Å². The quantitative estimate of drug-likeness (QED) is 0.704. The highest BCUT2D eigenvalue weighted by atomic mass is 32.1. The highest BCUT2D eigenvalue weighted by Gasteiger charge is 2.13. The molecular formula is C18H23NO3S. The third-order valence-electron chi connectivity index (χ3n) is 3.53. The van der Waals surface area contributed by atoms with Crippen LogP contribution in [0.15, 0.2) is 41.1 Å². The van der Waals surface area contributed by atoms with Crippen molar-refractivity contribution in [3.05, 3.63) is 52.2 Å². The summed E-state index contributed by atoms with van der Waals surface area (Å²) in [6, 6.07) is 9.23. The molecule has 0 fully saturated rings. The van der Waals surface area contributed by atoms with Crippen LogP contribution in [-0.4, -0.2) is 26.2 Å². The first-order valence-corrected chi connectivity index (χ1v) is 8.74. The van der Waals surface area contributed by atoms with Gasteiger partial charge in [-0.15, -0.1) is 0 Å². The highest BCUT2D eigenvalue weighted by molar-refractivity contribution is 7.07. The SMILES string of the molecule is CCCCOc1ccc(C(=O)NC[C@H](OC)c2ccsc2)cc1. The van der Waals surface area contributed by atoms with Crippen molar-refractivity contribution in [2.24, 2.45) is 0 Å². The molecule has 0 saturated heterocycles. The molecule has 1 amide bonds. The van der Waals surface area contributed by atoms with E-state index in [1.165, 1.54) is 0 Å². The van der Waals surface area contributed by atoms with E-state index in [0.29, 0.717) is 18.7 Å². The average Bonchev–Trinajstić information content (AvgIpc) is 3.10. The van der Waals surface area contributed by atoms with Gasteiger partial charge in [0.05, 0.1) is 6.61 Å². The second kappa shape index (κ2) is 9.33. The summed E-state index contributed by atoms with van der Waals surface area (Å²) in [5.74, 6) is 0.686. The molecule has 4 nitrogen and oxygen atoms in total. The summed E-state index contributed by atoms with van der Waals surface area (Å²) in [6.07, 6.45) is 2.01. The van der Waals surface area contributed by atoms with Crippen molar-refractivity contribution < 1.29 is 14.3 Å². The Bertz CT molecular complexity index is 581. The van der Waals surface area contributed by atoms with Crippen LogP contribution in [0, 0.1) is 0 Å². The van der Waals surface area contributed by atoms with Gasteiger partial charge in [-0.1, -0.05) is 13.3 Å². The van der Waals surface area contributed by atoms with Gasteiger partial charge in [-0.2, -0.15) is 11.3 Å². The monoisotopic (exact) mass is 333 g/mol. The molecule has 0 aliphatic rings. The molecule has 23 heavy (non-hydrogen) atoms. The van der Waals surface area contributed by atoms with Crippen molar-refractivity contribution >= 4 is 17.2 Å². The fraction of sp³-hybridized carbons (Fsp3) is 0.389. The van der Waals surface area contributed by atoms with E-state index in [0.717, 1.165) is 24.2 Å². The summed E-state index contributed by atoms with van der Waals surface area (Å²) < 4.78 is 11.0. The maximum absolute atomic E-state index is 12.2. The molecule has 1 heterocycles. The Morgan fingerprint density at radius 2 is 2.04 bits per heavy atom. The fourth-order valence-electron chi connectivity index (χ4n) is 2.12. The van der Waals surface area contributed by atoms with E-state index in [-0.39, 0.29) is 12.0 Å². The van der Waals surface area contributed by atoms with Crippen LogP contribution in [0.1, 0.15) is 41.8 Å². The van der Waals surface area contributed by atoms with Crippen LogP contribution in [0.2, 0.25) is 0 Å². The maximum atomic E-state index is 12.2. The minimum Gasteiger partial charge on any atom is -0.494 e. The van der Waals surface area contributed by atoms with Gasteiger partial charge >= 0.3 is 0 Å². The van der Waals surface area contributed by atoms with E-state index in [1.54, 1.807) is 30.6 Å². The van der Waals surface area contributed by atoms with Crippen molar-refractivity contribution in [1.29, 1.82) is 0 Å². The number of rotatable bonds is 9. The zero-order valence-electron chi connectivity index (χ0n) is 13.6. The zero-order chi connectivity index (χ0) is 16.5. The Labute approximate surface area is 141 Å². The Kier molecular flexibility index (Phi) is 7.10. The van der Waals surface area contributed by atoms with Crippen LogP contribution >= 0.6 is 11.3 Å². The predicted octanol–water partition coefficient (Wildman–Crippen LogP) is 4.04. The summed E-state index contributed by atoms with van der Waals surface area (Å²) in [5, 5.41) is 6.94. The molecule has 0 spiro atoms. The van der Waals surface area contributed by atoms with Crippen molar-refractivity contribution in [3.8, 4) is 5.75 Å². The van der Waals surface area contributed by atoms with Gasteiger partial charge < -0.3 is 14.8 Å². The van der Waals surface area contributed by atoms with Gasteiger partial charge in [-0.25, -0.2) is 0 Å². The van der Waals surface area contributed by atoms with Gasteiger partial charge in [0, 0.05) is 19.2 Å². The Balaban J connectivity index is 1.85. The van der Waals surface area contributed by atoms with Crippen LogP contribution in [-0.2, 0) is 4.74 Å². The number of unbranched alkanes of at least 4 members (excludes halogenated alkanes) is 1. The summed E-state index contributed by atoms with van der Waals surface area (Å²) in [5.41, 5.74) is 1.70. The van der Waals surface area contributed by atoms with Crippen LogP contribution < -0.4 is 10.1 Å². The third kappa shape index (κ3) is 5.37. The van der Waals surface area contributed by atoms with E-state index < -0.39 is 0 Å². The zero-order valence-corrected chi connectivity index (χ0v) is 14.4. The van der Waals surface area contributed by atoms with Crippen LogP contribution in [0.4, 0.5) is 0 Å². The lowest BCUT2D eigenvalue weighted by molar-refractivity contribution is 0.0829. The molecule has 0 saturated carbocycles. The molecule has 1 aromatic heterocycles. The highest BCUT2D eigenvalue weighted by Crippen LogP contribution is 2.19. The lowest BCUT2D eigenvalue weighted by atomic mass is 10.1. The van der Waals surface area contributed by atoms with Crippen molar-refractivity contribution in [2.75, 3.05) is 20.3 Å². The van der Waals surface area contributed by atoms with Gasteiger partial charge in [0.15, 0.2) is 0 Å². The number of nitrogens with one attached hydrogen (secondary N) is 1. The molecule has 1 atom stereocenters. The van der Waals surface area contributed by atoms with Gasteiger partial charge in [0.25, 0.3) is 5.91 Å². The Hall–Kier alpha value is -1.85. The molecule has 2 aromatic rings. The summed E-state index contributed by atoms with van der Waals surface area (Å²) in [6.45, 7) is 3.28. The molecule has 0 unspecified atom stereocenters. The molecule has 5 heteroatoms. The summed E-state index contributed by atoms with van der Waals surface area (Å²) in [7, 11) is 1.65. The number of ether oxygens (including phenoxy) is 2. The minimum atomic E-state index is -0.123. The first kappa shape index (κ1) is 17.5. The molecule has 1 aromatic carbocycles. The molecule has 0 aliphatic heterocycles. The van der Waals surface area contributed by atoms with Crippen LogP contribution in [0.3, 0.4) is 0 Å². The number of amides is 1. The smallest absolute Gasteiger partial charge is 0.251 e. The minimum absolute atomic E-state index is 0.109. The van der Waals surface area contributed by atoms with E-state index in [2.05, 4.69) is 12.2 Å². The summed E-state index contributed by atoms with van der Waals surface area (Å²) >= 11 is 1.62. The lowest BCUT2D eigenvalue weighted by Crippen LogP contribution is -2.28. The number of carbonyl (C=O) groups is 1. The molecule has 124 valence electrons. The van der Waals surface area contributed by atoms with Crippen LogP contribution in [0.25, 0.3) is 0 Å². The van der Waals surface area contributed by atoms with Crippen molar-refractivity contribution in [1.82, 2.24) is 5.32 Å². The number of carbonyl (C=O) groups excluding carboxylic acids is 1. The van der Waals surface area contributed by atoms with Gasteiger partial charge in [0.1, 0.15) is 11.9 Å². The first-order chi connectivity index (χ1) is 11.2. The van der Waals surface area contributed by atoms with Gasteiger partial charge in [-0.3, -0.25) is 4.79 Å². The van der Waals surface area contributed by atoms with Crippen LogP contribution in [0.5, 0.6) is 5.75 Å². The number of hydrogen-bond acceptors (Lipinski definition) is 4. The second-order valence-corrected chi connectivity index (χ2v) is 6.00. The number of hydrogen-bond donors (Lipinski definition) is 1. The molecule has 0 aliphatic carbocycles. The molecular weight excluding hydrogens is 310 g/mol. The standard InChI is InChI=1S/C18H23NO3S/c1-3-4-10-22-16-7-5-14(6-8-16)18(20)19-12-17(21-2)15-9-11-23-13-15/h5-9,11,13,17H,3-4,10,12H2,1-2H3,(H,19,20)/t17-/m0/s1. The van der Waals surface area contributed by atoms with Crippen molar-refractivity contribution in [2.45, 2.75) is 25.9 Å². The predicted molar refractivity (Wildman–Crippen MR) is 93.2 cm³/mol.